The van der Waals surface area contributed by atoms with Gasteiger partial charge in [0.2, 0.25) is 0 Å². The normalized spacial score (nSPS) is 27.5. The first kappa shape index (κ1) is 18.1. The third-order valence-electron chi connectivity index (χ3n) is 6.58. The third kappa shape index (κ3) is 2.80. The van der Waals surface area contributed by atoms with Crippen LogP contribution in [0.3, 0.4) is 0 Å². The number of aliphatic carboxylic acids is 1. The van der Waals surface area contributed by atoms with Crippen molar-refractivity contribution in [2.75, 3.05) is 7.11 Å². The molecule has 138 valence electrons. The molecule has 2 aliphatic carbocycles. The Balaban J connectivity index is 2.23. The number of phenols is 1. The van der Waals surface area contributed by atoms with E-state index in [1.54, 1.807) is 7.11 Å². The lowest BCUT2D eigenvalue weighted by molar-refractivity contribution is -0.146. The molecular formula is C21H30O4. The van der Waals surface area contributed by atoms with Crippen molar-refractivity contribution in [3.8, 4) is 11.5 Å². The van der Waals surface area contributed by atoms with Crippen LogP contribution in [0.25, 0.3) is 0 Å². The molecule has 2 N–H and O–H groups in total. The molecule has 3 atom stereocenters. The average molecular weight is 346 g/mol. The van der Waals surface area contributed by atoms with Crippen molar-refractivity contribution in [3.05, 3.63) is 22.8 Å². The van der Waals surface area contributed by atoms with Crippen LogP contribution in [0.15, 0.2) is 6.07 Å². The van der Waals surface area contributed by atoms with Gasteiger partial charge in [0.25, 0.3) is 0 Å². The summed E-state index contributed by atoms with van der Waals surface area (Å²) in [5.74, 6) is -0.0533. The average Bonchev–Trinajstić information content (AvgIpc) is 2.53. The Bertz CT molecular complexity index is 690. The lowest BCUT2D eigenvalue weighted by Crippen LogP contribution is -2.43. The molecule has 1 saturated carbocycles. The molecule has 0 radical (unpaired) electrons. The zero-order chi connectivity index (χ0) is 18.5. The van der Waals surface area contributed by atoms with E-state index in [0.717, 1.165) is 36.0 Å². The van der Waals surface area contributed by atoms with Crippen LogP contribution in [0.5, 0.6) is 11.5 Å². The second-order valence-corrected chi connectivity index (χ2v) is 8.72. The molecule has 0 saturated heterocycles. The van der Waals surface area contributed by atoms with Gasteiger partial charge in [0.15, 0.2) is 11.5 Å². The molecule has 4 nitrogen and oxygen atoms in total. The Kier molecular flexibility index (Phi) is 4.50. The first-order chi connectivity index (χ1) is 11.7. The molecular weight excluding hydrogens is 316 g/mol. The summed E-state index contributed by atoms with van der Waals surface area (Å²) in [6.45, 7) is 8.61. The van der Waals surface area contributed by atoms with Gasteiger partial charge in [-0.15, -0.1) is 0 Å². The monoisotopic (exact) mass is 346 g/mol. The lowest BCUT2D eigenvalue weighted by atomic mass is 9.54. The number of fused-ring (bicyclic) bond motifs is 3. The fourth-order valence-electron chi connectivity index (χ4n) is 5.18. The highest BCUT2D eigenvalue weighted by Crippen LogP contribution is 2.59. The van der Waals surface area contributed by atoms with Crippen molar-refractivity contribution >= 4 is 5.97 Å². The molecule has 3 unspecified atom stereocenters. The fraction of sp³-hybridized carbons (Fsp3) is 0.667. The highest BCUT2D eigenvalue weighted by molar-refractivity contribution is 5.73. The first-order valence-electron chi connectivity index (χ1n) is 9.34. The summed E-state index contributed by atoms with van der Waals surface area (Å²) < 4.78 is 5.64. The van der Waals surface area contributed by atoms with Crippen molar-refractivity contribution in [3.63, 3.8) is 0 Å². The predicted octanol–water partition coefficient (Wildman–Crippen LogP) is 4.69. The van der Waals surface area contributed by atoms with Gasteiger partial charge in [-0.05, 0) is 48.5 Å². The van der Waals surface area contributed by atoms with Gasteiger partial charge in [-0.3, -0.25) is 4.79 Å². The Morgan fingerprint density at radius 1 is 1.32 bits per heavy atom. The number of aryl methyl sites for hydroxylation is 1. The number of aromatic hydroxyl groups is 1. The molecule has 1 fully saturated rings. The quantitative estimate of drug-likeness (QED) is 0.833. The number of hydrogen-bond acceptors (Lipinski definition) is 3. The van der Waals surface area contributed by atoms with E-state index >= 15 is 0 Å². The van der Waals surface area contributed by atoms with Gasteiger partial charge < -0.3 is 14.9 Å². The Hall–Kier alpha value is -1.71. The Morgan fingerprint density at radius 2 is 2.00 bits per heavy atom. The smallest absolute Gasteiger partial charge is 0.307 e. The molecule has 25 heavy (non-hydrogen) atoms. The van der Waals surface area contributed by atoms with Crippen molar-refractivity contribution in [2.24, 2.45) is 17.3 Å². The van der Waals surface area contributed by atoms with Gasteiger partial charge in [0.05, 0.1) is 13.0 Å². The summed E-state index contributed by atoms with van der Waals surface area (Å²) in [7, 11) is 1.58. The number of carboxylic acid groups (broad SMARTS) is 1. The molecule has 3 rings (SSSR count). The van der Waals surface area contributed by atoms with E-state index in [-0.39, 0.29) is 23.0 Å². The SMILES string of the molecule is COc1c(O)c(C(C)C)cc2c1C1C(C(=O)O)CCC(C)(C)C1CC2. The summed E-state index contributed by atoms with van der Waals surface area (Å²) in [5.41, 5.74) is 3.09. The van der Waals surface area contributed by atoms with E-state index < -0.39 is 11.9 Å². The first-order valence-corrected chi connectivity index (χ1v) is 9.34. The van der Waals surface area contributed by atoms with Crippen LogP contribution < -0.4 is 4.74 Å². The molecule has 0 amide bonds. The van der Waals surface area contributed by atoms with E-state index in [1.807, 2.05) is 0 Å². The molecule has 0 aliphatic heterocycles. The zero-order valence-corrected chi connectivity index (χ0v) is 15.9. The number of benzene rings is 1. The third-order valence-corrected chi connectivity index (χ3v) is 6.58. The second kappa shape index (κ2) is 6.22. The molecule has 0 spiro atoms. The number of carboxylic acids is 1. The fourth-order valence-corrected chi connectivity index (χ4v) is 5.18. The number of rotatable bonds is 3. The minimum absolute atomic E-state index is 0.0907. The van der Waals surface area contributed by atoms with Crippen LogP contribution in [-0.2, 0) is 11.2 Å². The van der Waals surface area contributed by atoms with Crippen molar-refractivity contribution in [1.29, 1.82) is 0 Å². The summed E-state index contributed by atoms with van der Waals surface area (Å²) in [6.07, 6.45) is 3.53. The highest BCUT2D eigenvalue weighted by atomic mass is 16.5. The van der Waals surface area contributed by atoms with Gasteiger partial charge in [0, 0.05) is 17.0 Å². The van der Waals surface area contributed by atoms with Crippen molar-refractivity contribution < 1.29 is 19.7 Å². The number of methoxy groups -OCH3 is 1. The standard InChI is InChI=1S/C21H30O4/c1-11(2)14-10-12-6-7-15-17(16(12)19(25-5)18(14)22)13(20(23)24)8-9-21(15,3)4/h10-11,13,15,17,22H,6-9H2,1-5H3,(H,23,24). The van der Waals surface area contributed by atoms with Gasteiger partial charge >= 0.3 is 5.97 Å². The molecule has 0 aromatic heterocycles. The zero-order valence-electron chi connectivity index (χ0n) is 15.9. The van der Waals surface area contributed by atoms with Crippen LogP contribution in [0, 0.1) is 17.3 Å². The molecule has 0 heterocycles. The predicted molar refractivity (Wildman–Crippen MR) is 97.4 cm³/mol. The summed E-state index contributed by atoms with van der Waals surface area (Å²) in [4.78, 5) is 12.0. The second-order valence-electron chi connectivity index (χ2n) is 8.72. The van der Waals surface area contributed by atoms with E-state index in [1.165, 1.54) is 0 Å². The maximum absolute atomic E-state index is 12.0. The minimum atomic E-state index is -0.729. The maximum atomic E-state index is 12.0. The van der Waals surface area contributed by atoms with Gasteiger partial charge in [-0.25, -0.2) is 0 Å². The van der Waals surface area contributed by atoms with Gasteiger partial charge in [0.1, 0.15) is 0 Å². The van der Waals surface area contributed by atoms with Crippen LogP contribution in [0.2, 0.25) is 0 Å². The Labute approximate surface area is 150 Å². The van der Waals surface area contributed by atoms with Crippen LogP contribution in [0.1, 0.15) is 75.5 Å². The van der Waals surface area contributed by atoms with E-state index in [9.17, 15) is 15.0 Å². The van der Waals surface area contributed by atoms with Gasteiger partial charge in [-0.1, -0.05) is 33.8 Å². The van der Waals surface area contributed by atoms with E-state index in [2.05, 4.69) is 33.8 Å². The van der Waals surface area contributed by atoms with Crippen molar-refractivity contribution in [1.82, 2.24) is 0 Å². The highest BCUT2D eigenvalue weighted by Gasteiger charge is 2.50. The molecule has 4 heteroatoms. The number of carbonyl (C=O) groups is 1. The molecule has 1 aromatic rings. The van der Waals surface area contributed by atoms with Crippen LogP contribution in [0.4, 0.5) is 0 Å². The number of hydrogen-bond donors (Lipinski definition) is 2. The van der Waals surface area contributed by atoms with Crippen molar-refractivity contribution in [2.45, 2.75) is 65.2 Å². The molecule has 2 aliphatic rings. The summed E-state index contributed by atoms with van der Waals surface area (Å²) >= 11 is 0. The minimum Gasteiger partial charge on any atom is -0.504 e. The maximum Gasteiger partial charge on any atom is 0.307 e. The van der Waals surface area contributed by atoms with E-state index in [4.69, 9.17) is 4.74 Å². The number of ether oxygens (including phenoxy) is 1. The largest absolute Gasteiger partial charge is 0.504 e. The summed E-state index contributed by atoms with van der Waals surface area (Å²) in [6, 6.07) is 2.08. The Morgan fingerprint density at radius 3 is 2.56 bits per heavy atom. The molecule has 1 aromatic carbocycles. The molecule has 0 bridgehead atoms. The topological polar surface area (TPSA) is 66.8 Å². The van der Waals surface area contributed by atoms with Crippen LogP contribution >= 0.6 is 0 Å². The summed E-state index contributed by atoms with van der Waals surface area (Å²) in [5, 5.41) is 20.6. The van der Waals surface area contributed by atoms with E-state index in [0.29, 0.717) is 18.1 Å². The van der Waals surface area contributed by atoms with Crippen LogP contribution in [-0.4, -0.2) is 23.3 Å². The lowest BCUT2D eigenvalue weighted by Gasteiger charge is -2.50. The van der Waals surface area contributed by atoms with Gasteiger partial charge in [-0.2, -0.15) is 0 Å². The number of phenolic OH excluding ortho intramolecular Hbond substituents is 1.